The van der Waals surface area contributed by atoms with Crippen LogP contribution in [-0.2, 0) is 6.42 Å². The number of thiophene rings is 1. The summed E-state index contributed by atoms with van der Waals surface area (Å²) in [6.45, 7) is 4.41. The predicted molar refractivity (Wildman–Crippen MR) is 88.2 cm³/mol. The SMILES string of the molecule is CC(Cc1cccc(Cl)c1)NC(C)c1sccc1Br. The van der Waals surface area contributed by atoms with E-state index in [1.54, 1.807) is 11.3 Å². The van der Waals surface area contributed by atoms with Crippen molar-refractivity contribution in [2.75, 3.05) is 0 Å². The quantitative estimate of drug-likeness (QED) is 0.749. The van der Waals surface area contributed by atoms with Gasteiger partial charge < -0.3 is 5.32 Å². The van der Waals surface area contributed by atoms with Crippen molar-refractivity contribution in [3.63, 3.8) is 0 Å². The van der Waals surface area contributed by atoms with Crippen molar-refractivity contribution in [2.45, 2.75) is 32.4 Å². The molecular formula is C15H17BrClNS. The van der Waals surface area contributed by atoms with Gasteiger partial charge in [0.2, 0.25) is 0 Å². The first-order valence-electron chi connectivity index (χ1n) is 6.29. The highest BCUT2D eigenvalue weighted by molar-refractivity contribution is 9.10. The molecule has 2 unspecified atom stereocenters. The van der Waals surface area contributed by atoms with E-state index in [9.17, 15) is 0 Å². The van der Waals surface area contributed by atoms with Gasteiger partial charge in [0.25, 0.3) is 0 Å². The highest BCUT2D eigenvalue weighted by Crippen LogP contribution is 2.29. The molecule has 1 aromatic carbocycles. The minimum atomic E-state index is 0.351. The van der Waals surface area contributed by atoms with Crippen LogP contribution >= 0.6 is 38.9 Å². The highest BCUT2D eigenvalue weighted by atomic mass is 79.9. The van der Waals surface area contributed by atoms with E-state index in [0.29, 0.717) is 12.1 Å². The molecule has 1 N–H and O–H groups in total. The Kier molecular flexibility index (Phi) is 5.46. The zero-order valence-electron chi connectivity index (χ0n) is 11.0. The minimum absolute atomic E-state index is 0.351. The monoisotopic (exact) mass is 357 g/mol. The molecule has 1 aromatic heterocycles. The van der Waals surface area contributed by atoms with Crippen LogP contribution in [0.25, 0.3) is 0 Å². The van der Waals surface area contributed by atoms with Crippen LogP contribution in [-0.4, -0.2) is 6.04 Å². The van der Waals surface area contributed by atoms with Gasteiger partial charge in [0.05, 0.1) is 0 Å². The normalized spacial score (nSPS) is 14.3. The molecule has 0 amide bonds. The molecule has 0 aliphatic heterocycles. The summed E-state index contributed by atoms with van der Waals surface area (Å²) < 4.78 is 1.19. The second-order valence-electron chi connectivity index (χ2n) is 4.76. The van der Waals surface area contributed by atoms with Crippen molar-refractivity contribution >= 4 is 38.9 Å². The third-order valence-corrected chi connectivity index (χ3v) is 5.29. The summed E-state index contributed by atoms with van der Waals surface area (Å²) in [4.78, 5) is 1.35. The van der Waals surface area contributed by atoms with Crippen LogP contribution in [0.5, 0.6) is 0 Å². The molecule has 4 heteroatoms. The van der Waals surface area contributed by atoms with Gasteiger partial charge in [-0.15, -0.1) is 11.3 Å². The predicted octanol–water partition coefficient (Wildman–Crippen LogP) is 5.45. The van der Waals surface area contributed by atoms with Crippen molar-refractivity contribution in [1.82, 2.24) is 5.32 Å². The van der Waals surface area contributed by atoms with Gasteiger partial charge in [-0.1, -0.05) is 23.7 Å². The number of halogens is 2. The third-order valence-electron chi connectivity index (χ3n) is 3.00. The lowest BCUT2D eigenvalue weighted by molar-refractivity contribution is 0.481. The van der Waals surface area contributed by atoms with Crippen molar-refractivity contribution in [1.29, 1.82) is 0 Å². The van der Waals surface area contributed by atoms with Gasteiger partial charge in [-0.3, -0.25) is 0 Å². The molecular weight excluding hydrogens is 342 g/mol. The first-order chi connectivity index (χ1) is 9.06. The van der Waals surface area contributed by atoms with Crippen LogP contribution in [0.4, 0.5) is 0 Å². The van der Waals surface area contributed by atoms with Gasteiger partial charge in [-0.25, -0.2) is 0 Å². The van der Waals surface area contributed by atoms with E-state index in [1.807, 2.05) is 18.2 Å². The maximum absolute atomic E-state index is 6.01. The summed E-state index contributed by atoms with van der Waals surface area (Å²) in [5, 5.41) is 6.54. The number of nitrogens with one attached hydrogen (secondary N) is 1. The van der Waals surface area contributed by atoms with E-state index >= 15 is 0 Å². The Morgan fingerprint density at radius 3 is 2.74 bits per heavy atom. The first-order valence-corrected chi connectivity index (χ1v) is 8.34. The average molecular weight is 359 g/mol. The van der Waals surface area contributed by atoms with E-state index in [1.165, 1.54) is 14.9 Å². The zero-order chi connectivity index (χ0) is 13.8. The van der Waals surface area contributed by atoms with Crippen LogP contribution in [0.3, 0.4) is 0 Å². The Balaban J connectivity index is 1.94. The van der Waals surface area contributed by atoms with E-state index in [2.05, 4.69) is 52.6 Å². The van der Waals surface area contributed by atoms with E-state index in [4.69, 9.17) is 11.6 Å². The Morgan fingerprint density at radius 2 is 2.11 bits per heavy atom. The Bertz CT molecular complexity index is 540. The molecule has 102 valence electrons. The molecule has 0 saturated heterocycles. The fourth-order valence-electron chi connectivity index (χ4n) is 2.19. The van der Waals surface area contributed by atoms with Crippen LogP contribution < -0.4 is 5.32 Å². The zero-order valence-corrected chi connectivity index (χ0v) is 14.1. The molecule has 2 aromatic rings. The number of benzene rings is 1. The van der Waals surface area contributed by atoms with Crippen LogP contribution in [0.15, 0.2) is 40.2 Å². The van der Waals surface area contributed by atoms with E-state index in [0.717, 1.165) is 11.4 Å². The van der Waals surface area contributed by atoms with E-state index < -0.39 is 0 Å². The highest BCUT2D eigenvalue weighted by Gasteiger charge is 2.13. The summed E-state index contributed by atoms with van der Waals surface area (Å²) >= 11 is 11.4. The third kappa shape index (κ3) is 4.32. The van der Waals surface area contributed by atoms with Crippen molar-refractivity contribution in [2.24, 2.45) is 0 Å². The second kappa shape index (κ2) is 6.89. The molecule has 1 heterocycles. The van der Waals surface area contributed by atoms with Gasteiger partial charge >= 0.3 is 0 Å². The summed E-state index contributed by atoms with van der Waals surface area (Å²) in [6.07, 6.45) is 0.980. The average Bonchev–Trinajstić information content (AvgIpc) is 2.75. The molecule has 0 aliphatic rings. The molecule has 0 fully saturated rings. The minimum Gasteiger partial charge on any atom is -0.307 e. The summed E-state index contributed by atoms with van der Waals surface area (Å²) in [7, 11) is 0. The van der Waals surface area contributed by atoms with Crippen LogP contribution in [0.1, 0.15) is 30.3 Å². The lowest BCUT2D eigenvalue weighted by Crippen LogP contribution is -2.30. The Hall–Kier alpha value is -0.350. The number of hydrogen-bond acceptors (Lipinski definition) is 2. The molecule has 2 rings (SSSR count). The molecule has 1 nitrogen and oxygen atoms in total. The standard InChI is InChI=1S/C15H17BrClNS/c1-10(8-12-4-3-5-13(17)9-12)18-11(2)15-14(16)6-7-19-15/h3-7,9-11,18H,8H2,1-2H3. The van der Waals surface area contributed by atoms with Crippen molar-refractivity contribution < 1.29 is 0 Å². The van der Waals surface area contributed by atoms with Crippen LogP contribution in [0.2, 0.25) is 5.02 Å². The van der Waals surface area contributed by atoms with Gasteiger partial charge in [0.1, 0.15) is 0 Å². The van der Waals surface area contributed by atoms with Gasteiger partial charge in [-0.2, -0.15) is 0 Å². The van der Waals surface area contributed by atoms with Gasteiger partial charge in [0, 0.05) is 26.5 Å². The lowest BCUT2D eigenvalue weighted by Gasteiger charge is -2.20. The number of rotatable bonds is 5. The molecule has 0 bridgehead atoms. The Labute approximate surface area is 132 Å². The summed E-state index contributed by atoms with van der Waals surface area (Å²) in [5.74, 6) is 0. The molecule has 2 atom stereocenters. The first kappa shape index (κ1) is 15.0. The van der Waals surface area contributed by atoms with Gasteiger partial charge in [-0.05, 0) is 65.3 Å². The molecule has 0 saturated carbocycles. The fourth-order valence-corrected chi connectivity index (χ4v) is 4.14. The maximum atomic E-state index is 6.01. The summed E-state index contributed by atoms with van der Waals surface area (Å²) in [6, 6.07) is 10.9. The van der Waals surface area contributed by atoms with Gasteiger partial charge in [0.15, 0.2) is 0 Å². The second-order valence-corrected chi connectivity index (χ2v) is 6.99. The smallest absolute Gasteiger partial charge is 0.0408 e. The fraction of sp³-hybridized carbons (Fsp3) is 0.333. The molecule has 0 radical (unpaired) electrons. The molecule has 19 heavy (non-hydrogen) atoms. The lowest BCUT2D eigenvalue weighted by atomic mass is 10.1. The Morgan fingerprint density at radius 1 is 1.32 bits per heavy atom. The topological polar surface area (TPSA) is 12.0 Å². The number of hydrogen-bond donors (Lipinski definition) is 1. The maximum Gasteiger partial charge on any atom is 0.0408 e. The largest absolute Gasteiger partial charge is 0.307 e. The molecule has 0 aliphatic carbocycles. The summed E-state index contributed by atoms with van der Waals surface area (Å²) in [5.41, 5.74) is 1.27. The van der Waals surface area contributed by atoms with Crippen molar-refractivity contribution in [3.8, 4) is 0 Å². The molecule has 0 spiro atoms. The van der Waals surface area contributed by atoms with Crippen LogP contribution in [0, 0.1) is 0 Å². The van der Waals surface area contributed by atoms with E-state index in [-0.39, 0.29) is 0 Å². The van der Waals surface area contributed by atoms with Crippen molar-refractivity contribution in [3.05, 3.63) is 55.6 Å².